The predicted molar refractivity (Wildman–Crippen MR) is 62.0 cm³/mol. The summed E-state index contributed by atoms with van der Waals surface area (Å²) in [4.78, 5) is 0. The van der Waals surface area contributed by atoms with Gasteiger partial charge in [0.05, 0.1) is 17.4 Å². The number of hydrogen-bond acceptors (Lipinski definition) is 3. The Hall–Kier alpha value is -1.64. The fourth-order valence-electron chi connectivity index (χ4n) is 1.20. The van der Waals surface area contributed by atoms with Crippen molar-refractivity contribution in [3.8, 4) is 6.07 Å². The smallest absolute Gasteiger partial charge is 0.212 e. The zero-order chi connectivity index (χ0) is 12.0. The molecule has 16 heavy (non-hydrogen) atoms. The van der Waals surface area contributed by atoms with Crippen molar-refractivity contribution in [2.75, 3.05) is 6.54 Å². The maximum atomic E-state index is 11.6. The molecule has 0 atom stereocenters. The summed E-state index contributed by atoms with van der Waals surface area (Å²) in [5, 5.41) is 8.81. The second-order valence-electron chi connectivity index (χ2n) is 3.17. The minimum absolute atomic E-state index is 0.190. The van der Waals surface area contributed by atoms with Crippen molar-refractivity contribution in [3.63, 3.8) is 0 Å². The maximum Gasteiger partial charge on any atom is 0.216 e. The number of hydrogen-bond donors (Lipinski definition) is 1. The van der Waals surface area contributed by atoms with E-state index in [1.165, 1.54) is 6.08 Å². The Morgan fingerprint density at radius 2 is 2.12 bits per heavy atom. The Labute approximate surface area is 95.3 Å². The third kappa shape index (κ3) is 3.50. The van der Waals surface area contributed by atoms with E-state index in [1.807, 2.05) is 6.07 Å². The number of sulfonamides is 1. The third-order valence-corrected chi connectivity index (χ3v) is 3.23. The molecule has 1 N–H and O–H groups in total. The predicted octanol–water partition coefficient (Wildman–Crippen LogP) is 1.16. The van der Waals surface area contributed by atoms with Gasteiger partial charge in [-0.1, -0.05) is 24.3 Å². The van der Waals surface area contributed by atoms with Crippen LogP contribution in [0.15, 0.2) is 36.9 Å². The number of nitrogens with zero attached hydrogens (tertiary/aromatic N) is 1. The van der Waals surface area contributed by atoms with E-state index in [-0.39, 0.29) is 12.3 Å². The average molecular weight is 236 g/mol. The molecule has 1 rings (SSSR count). The SMILES string of the molecule is C=CCNS(=O)(=O)Cc1ccccc1C#N. The van der Waals surface area contributed by atoms with Gasteiger partial charge in [-0.2, -0.15) is 5.26 Å². The molecule has 0 spiro atoms. The van der Waals surface area contributed by atoms with Crippen LogP contribution in [-0.2, 0) is 15.8 Å². The van der Waals surface area contributed by atoms with Gasteiger partial charge in [0.15, 0.2) is 0 Å². The lowest BCUT2D eigenvalue weighted by Crippen LogP contribution is -2.25. The summed E-state index contributed by atoms with van der Waals surface area (Å²) in [5.41, 5.74) is 0.882. The second-order valence-corrected chi connectivity index (χ2v) is 4.97. The van der Waals surface area contributed by atoms with Crippen LogP contribution < -0.4 is 4.72 Å². The Morgan fingerprint density at radius 1 is 1.44 bits per heavy atom. The summed E-state index contributed by atoms with van der Waals surface area (Å²) >= 11 is 0. The van der Waals surface area contributed by atoms with Crippen molar-refractivity contribution in [1.82, 2.24) is 4.72 Å². The molecule has 5 heteroatoms. The first kappa shape index (κ1) is 12.4. The van der Waals surface area contributed by atoms with Gasteiger partial charge in [0.2, 0.25) is 10.0 Å². The van der Waals surface area contributed by atoms with E-state index in [1.54, 1.807) is 24.3 Å². The van der Waals surface area contributed by atoms with Crippen molar-refractivity contribution >= 4 is 10.0 Å². The van der Waals surface area contributed by atoms with Crippen LogP contribution in [0.5, 0.6) is 0 Å². The monoisotopic (exact) mass is 236 g/mol. The lowest BCUT2D eigenvalue weighted by molar-refractivity contribution is 0.584. The molecule has 0 amide bonds. The van der Waals surface area contributed by atoms with Crippen molar-refractivity contribution in [2.45, 2.75) is 5.75 Å². The van der Waals surface area contributed by atoms with Crippen molar-refractivity contribution in [3.05, 3.63) is 48.0 Å². The first-order valence-electron chi connectivity index (χ1n) is 4.65. The van der Waals surface area contributed by atoms with E-state index in [4.69, 9.17) is 5.26 Å². The van der Waals surface area contributed by atoms with Crippen LogP contribution in [0.3, 0.4) is 0 Å². The summed E-state index contributed by atoms with van der Waals surface area (Å²) in [6.07, 6.45) is 1.47. The topological polar surface area (TPSA) is 70.0 Å². The van der Waals surface area contributed by atoms with Crippen LogP contribution in [0.2, 0.25) is 0 Å². The molecule has 0 bridgehead atoms. The molecule has 0 aromatic heterocycles. The first-order valence-corrected chi connectivity index (χ1v) is 6.30. The Kier molecular flexibility index (Phi) is 4.23. The van der Waals surface area contributed by atoms with E-state index in [0.717, 1.165) is 0 Å². The fraction of sp³-hybridized carbons (Fsp3) is 0.182. The number of nitriles is 1. The number of nitrogens with one attached hydrogen (secondary N) is 1. The molecule has 0 aliphatic heterocycles. The Balaban J connectivity index is 2.88. The second kappa shape index (κ2) is 5.45. The summed E-state index contributed by atoms with van der Waals surface area (Å²) in [6, 6.07) is 8.60. The molecular formula is C11H12N2O2S. The molecule has 4 nitrogen and oxygen atoms in total. The van der Waals surface area contributed by atoms with Crippen LogP contribution >= 0.6 is 0 Å². The van der Waals surface area contributed by atoms with E-state index >= 15 is 0 Å². The van der Waals surface area contributed by atoms with Crippen LogP contribution in [0.25, 0.3) is 0 Å². The van der Waals surface area contributed by atoms with Gasteiger partial charge >= 0.3 is 0 Å². The zero-order valence-corrected chi connectivity index (χ0v) is 9.50. The fourth-order valence-corrected chi connectivity index (χ4v) is 2.33. The molecule has 1 aromatic carbocycles. The lowest BCUT2D eigenvalue weighted by atomic mass is 10.1. The van der Waals surface area contributed by atoms with Crippen LogP contribution in [0, 0.1) is 11.3 Å². The average Bonchev–Trinajstić information content (AvgIpc) is 2.27. The maximum absolute atomic E-state index is 11.6. The number of benzene rings is 1. The molecule has 84 valence electrons. The van der Waals surface area contributed by atoms with Gasteiger partial charge in [0.1, 0.15) is 0 Å². The van der Waals surface area contributed by atoms with E-state index in [2.05, 4.69) is 11.3 Å². The molecule has 0 aliphatic rings. The highest BCUT2D eigenvalue weighted by molar-refractivity contribution is 7.88. The van der Waals surface area contributed by atoms with Crippen LogP contribution in [0.4, 0.5) is 0 Å². The van der Waals surface area contributed by atoms with E-state index < -0.39 is 10.0 Å². The van der Waals surface area contributed by atoms with Crippen LogP contribution in [0.1, 0.15) is 11.1 Å². The van der Waals surface area contributed by atoms with Gasteiger partial charge in [0.25, 0.3) is 0 Å². The highest BCUT2D eigenvalue weighted by atomic mass is 32.2. The molecule has 0 heterocycles. The molecule has 0 saturated heterocycles. The van der Waals surface area contributed by atoms with E-state index in [9.17, 15) is 8.42 Å². The standard InChI is InChI=1S/C11H12N2O2S/c1-2-7-13-16(14,15)9-11-6-4-3-5-10(11)8-12/h2-6,13H,1,7,9H2. The minimum Gasteiger partial charge on any atom is -0.212 e. The molecule has 0 fully saturated rings. The summed E-state index contributed by atoms with van der Waals surface area (Å²) in [5.74, 6) is -0.190. The van der Waals surface area contributed by atoms with Gasteiger partial charge in [-0.05, 0) is 11.6 Å². The minimum atomic E-state index is -3.40. The van der Waals surface area contributed by atoms with Gasteiger partial charge in [-0.3, -0.25) is 0 Å². The van der Waals surface area contributed by atoms with Crippen molar-refractivity contribution in [1.29, 1.82) is 5.26 Å². The first-order chi connectivity index (χ1) is 7.59. The molecule has 1 aromatic rings. The quantitative estimate of drug-likeness (QED) is 0.780. The Morgan fingerprint density at radius 3 is 2.75 bits per heavy atom. The molecule has 0 radical (unpaired) electrons. The number of rotatable bonds is 5. The van der Waals surface area contributed by atoms with Crippen LogP contribution in [-0.4, -0.2) is 15.0 Å². The van der Waals surface area contributed by atoms with Gasteiger partial charge in [0, 0.05) is 6.54 Å². The molecule has 0 unspecified atom stereocenters. The Bertz CT molecular complexity index is 515. The molecule has 0 saturated carbocycles. The van der Waals surface area contributed by atoms with E-state index in [0.29, 0.717) is 11.1 Å². The third-order valence-electron chi connectivity index (χ3n) is 1.93. The summed E-state index contributed by atoms with van der Waals surface area (Å²) in [7, 11) is -3.40. The normalized spacial score (nSPS) is 10.7. The van der Waals surface area contributed by atoms with Gasteiger partial charge in [-0.15, -0.1) is 6.58 Å². The van der Waals surface area contributed by atoms with Crippen molar-refractivity contribution in [2.24, 2.45) is 0 Å². The lowest BCUT2D eigenvalue weighted by Gasteiger charge is -2.05. The largest absolute Gasteiger partial charge is 0.216 e. The van der Waals surface area contributed by atoms with Crippen molar-refractivity contribution < 1.29 is 8.42 Å². The molecular weight excluding hydrogens is 224 g/mol. The summed E-state index contributed by atoms with van der Waals surface area (Å²) < 4.78 is 25.5. The van der Waals surface area contributed by atoms with Gasteiger partial charge < -0.3 is 0 Å². The van der Waals surface area contributed by atoms with Gasteiger partial charge in [-0.25, -0.2) is 13.1 Å². The summed E-state index contributed by atoms with van der Waals surface area (Å²) in [6.45, 7) is 3.62. The highest BCUT2D eigenvalue weighted by Gasteiger charge is 2.12. The highest BCUT2D eigenvalue weighted by Crippen LogP contribution is 2.10. The zero-order valence-electron chi connectivity index (χ0n) is 8.68. The molecule has 0 aliphatic carbocycles.